The number of allylic oxidation sites excluding steroid dienone is 3. The maximum absolute atomic E-state index is 13.6. The van der Waals surface area contributed by atoms with Crippen LogP contribution in [0.1, 0.15) is 55.7 Å². The topological polar surface area (TPSA) is 57.2 Å². The fourth-order valence-electron chi connectivity index (χ4n) is 6.16. The molecular weight excluding hydrogens is 442 g/mol. The molecule has 0 amide bonds. The lowest BCUT2D eigenvalue weighted by Crippen LogP contribution is -2.40. The number of hydrogen-bond donors (Lipinski definition) is 0. The Morgan fingerprint density at radius 3 is 2.54 bits per heavy atom. The van der Waals surface area contributed by atoms with E-state index in [1.165, 1.54) is 16.8 Å². The molecule has 0 spiro atoms. The van der Waals surface area contributed by atoms with Crippen LogP contribution in [0.5, 0.6) is 23.0 Å². The number of ketones is 1. The van der Waals surface area contributed by atoms with Gasteiger partial charge in [0, 0.05) is 47.8 Å². The zero-order valence-corrected chi connectivity index (χ0v) is 20.2. The molecule has 4 heterocycles. The number of fused-ring (bicyclic) bond motifs is 6. The minimum absolute atomic E-state index is 0.0667. The van der Waals surface area contributed by atoms with E-state index in [1.807, 2.05) is 12.1 Å². The molecule has 7 rings (SSSR count). The van der Waals surface area contributed by atoms with E-state index in [2.05, 4.69) is 43.0 Å². The number of benzene rings is 2. The fraction of sp³-hybridized carbons (Fsp3) is 0.414. The van der Waals surface area contributed by atoms with Crippen molar-refractivity contribution in [1.29, 1.82) is 0 Å². The number of nitrogens with zero attached hydrogens (tertiary/aromatic N) is 1. The van der Waals surface area contributed by atoms with Crippen LogP contribution < -0.4 is 18.9 Å². The minimum atomic E-state index is -0.128. The van der Waals surface area contributed by atoms with Crippen molar-refractivity contribution in [1.82, 2.24) is 4.90 Å². The quantitative estimate of drug-likeness (QED) is 0.569. The first-order valence-corrected chi connectivity index (χ1v) is 12.5. The summed E-state index contributed by atoms with van der Waals surface area (Å²) in [6, 6.07) is 10.4. The van der Waals surface area contributed by atoms with Gasteiger partial charge in [0.05, 0.1) is 13.2 Å². The van der Waals surface area contributed by atoms with Crippen LogP contribution in [0.15, 0.2) is 47.7 Å². The zero-order valence-electron chi connectivity index (χ0n) is 20.2. The van der Waals surface area contributed by atoms with Gasteiger partial charge in [-0.1, -0.05) is 19.9 Å². The van der Waals surface area contributed by atoms with E-state index in [4.69, 9.17) is 18.9 Å². The number of ether oxygens (including phenoxy) is 4. The molecule has 1 atom stereocenters. The van der Waals surface area contributed by atoms with Gasteiger partial charge in [0.15, 0.2) is 28.8 Å². The molecule has 6 nitrogen and oxygen atoms in total. The molecule has 4 aliphatic heterocycles. The third kappa shape index (κ3) is 3.33. The monoisotopic (exact) mass is 471 g/mol. The van der Waals surface area contributed by atoms with Gasteiger partial charge in [-0.15, -0.1) is 0 Å². The Labute approximate surface area is 205 Å². The van der Waals surface area contributed by atoms with E-state index in [0.29, 0.717) is 19.6 Å². The first-order chi connectivity index (χ1) is 17.0. The van der Waals surface area contributed by atoms with Crippen molar-refractivity contribution >= 4 is 11.5 Å². The van der Waals surface area contributed by atoms with Crippen molar-refractivity contribution in [3.63, 3.8) is 0 Å². The van der Waals surface area contributed by atoms with Crippen LogP contribution in [0.3, 0.4) is 0 Å². The SMILES string of the molecule is CC1(C)CC(=O)C2=C(C1)N1CCc3cc4c(cc3C1=CC2c1ccc2c(c1)OCO2)OCCCO4. The second-order valence-corrected chi connectivity index (χ2v) is 10.9. The smallest absolute Gasteiger partial charge is 0.231 e. The molecule has 1 unspecified atom stereocenters. The van der Waals surface area contributed by atoms with Crippen molar-refractivity contribution in [3.05, 3.63) is 64.4 Å². The molecule has 35 heavy (non-hydrogen) atoms. The highest BCUT2D eigenvalue weighted by Gasteiger charge is 2.43. The molecule has 0 radical (unpaired) electrons. The molecule has 6 heteroatoms. The summed E-state index contributed by atoms with van der Waals surface area (Å²) >= 11 is 0. The van der Waals surface area contributed by atoms with Crippen LogP contribution in [-0.2, 0) is 11.2 Å². The Morgan fingerprint density at radius 2 is 1.69 bits per heavy atom. The van der Waals surface area contributed by atoms with Crippen LogP contribution in [0, 0.1) is 5.41 Å². The summed E-state index contributed by atoms with van der Waals surface area (Å²) in [5.74, 6) is 3.27. The third-order valence-corrected chi connectivity index (χ3v) is 7.76. The summed E-state index contributed by atoms with van der Waals surface area (Å²) in [5.41, 5.74) is 6.70. The molecule has 0 fully saturated rings. The number of hydrogen-bond acceptors (Lipinski definition) is 6. The van der Waals surface area contributed by atoms with Gasteiger partial charge >= 0.3 is 0 Å². The molecule has 2 aromatic carbocycles. The normalized spacial score (nSPS) is 23.7. The van der Waals surface area contributed by atoms with Gasteiger partial charge in [-0.05, 0) is 59.7 Å². The molecule has 0 saturated carbocycles. The van der Waals surface area contributed by atoms with E-state index in [9.17, 15) is 4.79 Å². The maximum Gasteiger partial charge on any atom is 0.231 e. The zero-order chi connectivity index (χ0) is 23.7. The van der Waals surface area contributed by atoms with Crippen LogP contribution in [-0.4, -0.2) is 37.2 Å². The second kappa shape index (κ2) is 7.54. The summed E-state index contributed by atoms with van der Waals surface area (Å²) in [5, 5.41) is 0. The van der Waals surface area contributed by atoms with Crippen molar-refractivity contribution in [2.24, 2.45) is 5.41 Å². The van der Waals surface area contributed by atoms with Gasteiger partial charge in [-0.2, -0.15) is 0 Å². The van der Waals surface area contributed by atoms with Gasteiger partial charge in [0.25, 0.3) is 0 Å². The van der Waals surface area contributed by atoms with Crippen molar-refractivity contribution in [2.75, 3.05) is 26.6 Å². The Morgan fingerprint density at radius 1 is 0.914 bits per heavy atom. The fourth-order valence-corrected chi connectivity index (χ4v) is 6.16. The Balaban J connectivity index is 1.40. The number of Topliss-reactive ketones (excluding diaryl/α,β-unsaturated/α-hetero) is 1. The first kappa shape index (κ1) is 20.9. The van der Waals surface area contributed by atoms with Gasteiger partial charge in [-0.25, -0.2) is 0 Å². The molecule has 5 aliphatic rings. The van der Waals surface area contributed by atoms with E-state index in [0.717, 1.165) is 65.6 Å². The van der Waals surface area contributed by atoms with Gasteiger partial charge in [0.2, 0.25) is 6.79 Å². The molecule has 180 valence electrons. The lowest BCUT2D eigenvalue weighted by atomic mass is 9.69. The molecule has 0 bridgehead atoms. The van der Waals surface area contributed by atoms with Crippen molar-refractivity contribution < 1.29 is 23.7 Å². The predicted molar refractivity (Wildman–Crippen MR) is 131 cm³/mol. The van der Waals surface area contributed by atoms with Gasteiger partial charge in [0.1, 0.15) is 0 Å². The summed E-state index contributed by atoms with van der Waals surface area (Å²) < 4.78 is 23.2. The second-order valence-electron chi connectivity index (χ2n) is 10.9. The Kier molecular flexibility index (Phi) is 4.51. The average Bonchev–Trinajstić information content (AvgIpc) is 3.18. The van der Waals surface area contributed by atoms with Crippen molar-refractivity contribution in [2.45, 2.75) is 45.4 Å². The lowest BCUT2D eigenvalue weighted by Gasteiger charge is -2.46. The highest BCUT2D eigenvalue weighted by molar-refractivity contribution is 6.01. The van der Waals surface area contributed by atoms with Gasteiger partial charge in [-0.3, -0.25) is 4.79 Å². The summed E-state index contributed by atoms with van der Waals surface area (Å²) in [6.45, 7) is 6.83. The predicted octanol–water partition coefficient (Wildman–Crippen LogP) is 5.22. The van der Waals surface area contributed by atoms with E-state index >= 15 is 0 Å². The maximum atomic E-state index is 13.6. The van der Waals surface area contributed by atoms with Gasteiger partial charge < -0.3 is 23.8 Å². The lowest BCUT2D eigenvalue weighted by molar-refractivity contribution is -0.118. The molecule has 0 aromatic heterocycles. The minimum Gasteiger partial charge on any atom is -0.490 e. The average molecular weight is 472 g/mol. The number of rotatable bonds is 1. The Bertz CT molecular complexity index is 1320. The van der Waals surface area contributed by atoms with E-state index < -0.39 is 0 Å². The highest BCUT2D eigenvalue weighted by Crippen LogP contribution is 2.52. The standard InChI is InChI=1S/C29H29NO5/c1-29(2)14-22-28(23(31)15-29)20(17-4-5-24-25(10-17)35-16-34-24)12-21-19-13-27-26(32-8-3-9-33-27)11-18(19)6-7-30(21)22/h4-5,10-13,20H,3,6-9,14-16H2,1-2H3. The molecular formula is C29H29NO5. The van der Waals surface area contributed by atoms with Crippen LogP contribution in [0.25, 0.3) is 5.70 Å². The van der Waals surface area contributed by atoms with E-state index in [1.54, 1.807) is 0 Å². The number of carbonyl (C=O) groups excluding carboxylic acids is 1. The Hall–Kier alpha value is -3.41. The van der Waals surface area contributed by atoms with Crippen molar-refractivity contribution in [3.8, 4) is 23.0 Å². The highest BCUT2D eigenvalue weighted by atomic mass is 16.7. The largest absolute Gasteiger partial charge is 0.490 e. The molecule has 0 saturated heterocycles. The first-order valence-electron chi connectivity index (χ1n) is 12.5. The molecule has 2 aromatic rings. The number of carbonyl (C=O) groups is 1. The molecule has 0 N–H and O–H groups in total. The van der Waals surface area contributed by atoms with Crippen LogP contribution in [0.4, 0.5) is 0 Å². The van der Waals surface area contributed by atoms with Crippen LogP contribution in [0.2, 0.25) is 0 Å². The summed E-state index contributed by atoms with van der Waals surface area (Å²) in [7, 11) is 0. The summed E-state index contributed by atoms with van der Waals surface area (Å²) in [6.07, 6.45) is 5.51. The summed E-state index contributed by atoms with van der Waals surface area (Å²) in [4.78, 5) is 16.0. The van der Waals surface area contributed by atoms with E-state index in [-0.39, 0.29) is 23.9 Å². The molecule has 1 aliphatic carbocycles. The third-order valence-electron chi connectivity index (χ3n) is 7.76. The van der Waals surface area contributed by atoms with Crippen LogP contribution >= 0.6 is 0 Å².